The van der Waals surface area contributed by atoms with Gasteiger partial charge in [0.05, 0.1) is 13.0 Å². The summed E-state index contributed by atoms with van der Waals surface area (Å²) < 4.78 is 6.61. The van der Waals surface area contributed by atoms with E-state index in [9.17, 15) is 14.4 Å². The summed E-state index contributed by atoms with van der Waals surface area (Å²) in [5.74, 6) is -1.28. The highest BCUT2D eigenvalue weighted by atomic mass is 16.5. The molecule has 1 aliphatic rings. The summed E-state index contributed by atoms with van der Waals surface area (Å²) in [6.07, 6.45) is 7.97. The second-order valence-electron chi connectivity index (χ2n) is 7.44. The second-order valence-corrected chi connectivity index (χ2v) is 7.44. The number of carbonyl (C=O) groups excluding carboxylic acids is 3. The van der Waals surface area contributed by atoms with Gasteiger partial charge in [-0.15, -0.1) is 0 Å². The molecule has 1 aliphatic carbocycles. The topological polar surface area (TPSA) is 102 Å². The summed E-state index contributed by atoms with van der Waals surface area (Å²) in [6, 6.07) is 4.58. The van der Waals surface area contributed by atoms with Crippen molar-refractivity contribution in [1.82, 2.24) is 20.0 Å². The number of hydrogen-bond donors (Lipinski definition) is 2. The zero-order chi connectivity index (χ0) is 20.8. The highest BCUT2D eigenvalue weighted by molar-refractivity contribution is 5.96. The van der Waals surface area contributed by atoms with Gasteiger partial charge in [-0.1, -0.05) is 32.3 Å². The minimum Gasteiger partial charge on any atom is -0.469 e. The lowest BCUT2D eigenvalue weighted by Crippen LogP contribution is -2.51. The number of nitrogens with one attached hydrogen (secondary N) is 2. The zero-order valence-corrected chi connectivity index (χ0v) is 16.9. The lowest BCUT2D eigenvalue weighted by atomic mass is 10.0. The summed E-state index contributed by atoms with van der Waals surface area (Å²) in [5.41, 5.74) is 0.929. The predicted molar refractivity (Wildman–Crippen MR) is 107 cm³/mol. The van der Waals surface area contributed by atoms with Crippen LogP contribution in [0.5, 0.6) is 0 Å². The molecule has 2 aromatic heterocycles. The number of imidazole rings is 1. The summed E-state index contributed by atoms with van der Waals surface area (Å²) in [5, 5.41) is 5.77. The molecule has 1 fully saturated rings. The molecule has 3 atom stereocenters. The molecule has 0 saturated heterocycles. The largest absolute Gasteiger partial charge is 0.469 e. The number of pyridine rings is 1. The van der Waals surface area contributed by atoms with Crippen LogP contribution < -0.4 is 10.6 Å². The number of amides is 2. The van der Waals surface area contributed by atoms with Crippen molar-refractivity contribution >= 4 is 23.4 Å². The number of ether oxygens (including phenoxy) is 1. The summed E-state index contributed by atoms with van der Waals surface area (Å²) in [7, 11) is 1.36. The molecular weight excluding hydrogens is 372 g/mol. The van der Waals surface area contributed by atoms with E-state index < -0.39 is 6.04 Å². The van der Waals surface area contributed by atoms with E-state index in [0.717, 1.165) is 25.7 Å². The van der Waals surface area contributed by atoms with Gasteiger partial charge in [-0.25, -0.2) is 4.98 Å². The van der Waals surface area contributed by atoms with Crippen LogP contribution in [0.15, 0.2) is 30.6 Å². The van der Waals surface area contributed by atoms with E-state index in [1.165, 1.54) is 7.11 Å². The molecule has 8 nitrogen and oxygen atoms in total. The fraction of sp³-hybridized carbons (Fsp3) is 0.524. The molecule has 2 heterocycles. The normalized spacial score (nSPS) is 19.7. The average molecular weight is 400 g/mol. The third-order valence-electron chi connectivity index (χ3n) is 5.41. The van der Waals surface area contributed by atoms with Gasteiger partial charge in [-0.3, -0.25) is 14.4 Å². The van der Waals surface area contributed by atoms with E-state index in [1.54, 1.807) is 10.6 Å². The van der Waals surface area contributed by atoms with Gasteiger partial charge in [0.25, 0.3) is 5.91 Å². The monoisotopic (exact) mass is 400 g/mol. The maximum Gasteiger partial charge on any atom is 0.310 e. The molecule has 0 aromatic carbocycles. The number of hydrogen-bond acceptors (Lipinski definition) is 5. The van der Waals surface area contributed by atoms with Gasteiger partial charge in [0, 0.05) is 18.4 Å². The summed E-state index contributed by atoms with van der Waals surface area (Å²) in [6.45, 7) is 2.03. The lowest BCUT2D eigenvalue weighted by molar-refractivity contribution is -0.146. The van der Waals surface area contributed by atoms with Crippen molar-refractivity contribution < 1.29 is 19.1 Å². The van der Waals surface area contributed by atoms with Crippen LogP contribution in [-0.4, -0.2) is 46.4 Å². The molecule has 0 unspecified atom stereocenters. The van der Waals surface area contributed by atoms with Crippen molar-refractivity contribution in [1.29, 1.82) is 0 Å². The first-order valence-corrected chi connectivity index (χ1v) is 10.2. The number of rotatable bonds is 8. The Hall–Kier alpha value is -2.90. The van der Waals surface area contributed by atoms with Crippen molar-refractivity contribution in [2.24, 2.45) is 5.92 Å². The number of aromatic nitrogens is 2. The Kier molecular flexibility index (Phi) is 6.85. The number of methoxy groups -OCH3 is 1. The van der Waals surface area contributed by atoms with Gasteiger partial charge in [-0.2, -0.15) is 0 Å². The quantitative estimate of drug-likeness (QED) is 0.661. The molecule has 2 N–H and O–H groups in total. The van der Waals surface area contributed by atoms with E-state index in [1.807, 2.05) is 31.3 Å². The van der Waals surface area contributed by atoms with E-state index in [4.69, 9.17) is 4.74 Å². The van der Waals surface area contributed by atoms with Gasteiger partial charge in [0.15, 0.2) is 0 Å². The fourth-order valence-corrected chi connectivity index (χ4v) is 3.80. The Balaban J connectivity index is 1.68. The first-order valence-electron chi connectivity index (χ1n) is 10.2. The highest BCUT2D eigenvalue weighted by Gasteiger charge is 2.36. The molecule has 29 heavy (non-hydrogen) atoms. The molecule has 2 aromatic rings. The number of fused-ring (bicyclic) bond motifs is 1. The van der Waals surface area contributed by atoms with Crippen LogP contribution in [0.2, 0.25) is 0 Å². The van der Waals surface area contributed by atoms with Gasteiger partial charge in [0.2, 0.25) is 5.91 Å². The van der Waals surface area contributed by atoms with Crippen molar-refractivity contribution in [2.45, 2.75) is 57.5 Å². The first-order chi connectivity index (χ1) is 14.0. The van der Waals surface area contributed by atoms with E-state index in [0.29, 0.717) is 18.5 Å². The van der Waals surface area contributed by atoms with Crippen LogP contribution in [0.1, 0.15) is 55.9 Å². The molecular formula is C21H28N4O4. The number of nitrogens with zero attached hydrogens (tertiary/aromatic N) is 2. The zero-order valence-electron chi connectivity index (χ0n) is 16.9. The van der Waals surface area contributed by atoms with Crippen molar-refractivity contribution in [3.05, 3.63) is 36.3 Å². The van der Waals surface area contributed by atoms with Gasteiger partial charge in [-0.05, 0) is 31.4 Å². The van der Waals surface area contributed by atoms with E-state index in [-0.39, 0.29) is 35.4 Å². The minimum atomic E-state index is -0.675. The molecule has 2 amide bonds. The lowest BCUT2D eigenvalue weighted by Gasteiger charge is -2.23. The maximum atomic E-state index is 12.9. The molecule has 8 heteroatoms. The van der Waals surface area contributed by atoms with Gasteiger partial charge < -0.3 is 19.8 Å². The highest BCUT2D eigenvalue weighted by Crippen LogP contribution is 2.27. The maximum absolute atomic E-state index is 12.9. The van der Waals surface area contributed by atoms with Gasteiger partial charge >= 0.3 is 5.97 Å². The SMILES string of the molecule is CCCC[C@H](NC(=O)c1cn2ccccc2n1)C(=O)N[C@H]1CCC[C@H]1C(=O)OC. The molecule has 0 spiro atoms. The Bertz CT molecular complexity index is 845. The molecule has 0 radical (unpaired) electrons. The van der Waals surface area contributed by atoms with Crippen molar-refractivity contribution in [2.75, 3.05) is 7.11 Å². The van der Waals surface area contributed by atoms with Crippen LogP contribution in [0.25, 0.3) is 5.65 Å². The smallest absolute Gasteiger partial charge is 0.310 e. The van der Waals surface area contributed by atoms with Crippen LogP contribution in [0.4, 0.5) is 0 Å². The van der Waals surface area contributed by atoms with Crippen LogP contribution in [0.3, 0.4) is 0 Å². The molecule has 0 bridgehead atoms. The Morgan fingerprint density at radius 2 is 2.14 bits per heavy atom. The predicted octanol–water partition coefficient (Wildman–Crippen LogP) is 2.08. The molecule has 156 valence electrons. The van der Waals surface area contributed by atoms with Crippen LogP contribution in [0, 0.1) is 5.92 Å². The average Bonchev–Trinajstić information content (AvgIpc) is 3.37. The van der Waals surface area contributed by atoms with Crippen molar-refractivity contribution in [3.8, 4) is 0 Å². The Morgan fingerprint density at radius 3 is 2.86 bits per heavy atom. The standard InChI is InChI=1S/C21H28N4O4/c1-3-4-9-16(19(26)23-15-10-7-8-14(15)21(28)29-2)24-20(27)17-13-25-12-6-5-11-18(25)22-17/h5-6,11-16H,3-4,7-10H2,1-2H3,(H,23,26)(H,24,27)/t14-,15+,16+/m1/s1. The minimum absolute atomic E-state index is 0.258. The van der Waals surface area contributed by atoms with Crippen molar-refractivity contribution in [3.63, 3.8) is 0 Å². The second kappa shape index (κ2) is 9.54. The third kappa shape index (κ3) is 4.93. The van der Waals surface area contributed by atoms with E-state index >= 15 is 0 Å². The molecule has 1 saturated carbocycles. The number of esters is 1. The van der Waals surface area contributed by atoms with E-state index in [2.05, 4.69) is 15.6 Å². The van der Waals surface area contributed by atoms with Gasteiger partial charge in [0.1, 0.15) is 17.4 Å². The fourth-order valence-electron chi connectivity index (χ4n) is 3.80. The van der Waals surface area contributed by atoms with Crippen LogP contribution in [-0.2, 0) is 14.3 Å². The van der Waals surface area contributed by atoms with Crippen LogP contribution >= 0.6 is 0 Å². The molecule has 3 rings (SSSR count). The summed E-state index contributed by atoms with van der Waals surface area (Å²) in [4.78, 5) is 41.9. The Morgan fingerprint density at radius 1 is 1.31 bits per heavy atom. The Labute approximate surface area is 170 Å². The summed E-state index contributed by atoms with van der Waals surface area (Å²) >= 11 is 0. The third-order valence-corrected chi connectivity index (χ3v) is 5.41. The molecule has 0 aliphatic heterocycles. The number of unbranched alkanes of at least 4 members (excludes halogenated alkanes) is 1. The first kappa shape index (κ1) is 20.8. The number of carbonyl (C=O) groups is 3.